The number of Topliss-reactive ketones (excluding diaryl/α,β-unsaturated/α-hetero) is 2. The average molecular weight is 278 g/mol. The number of aliphatic hydroxyl groups is 1. The van der Waals surface area contributed by atoms with Crippen LogP contribution >= 0.6 is 0 Å². The summed E-state index contributed by atoms with van der Waals surface area (Å²) in [6, 6.07) is 0. The third-order valence-corrected chi connectivity index (χ3v) is 4.00. The number of hydrogen-bond acceptors (Lipinski definition) is 5. The van der Waals surface area contributed by atoms with Gasteiger partial charge in [-0.2, -0.15) is 0 Å². The molecule has 1 saturated heterocycles. The van der Waals surface area contributed by atoms with Crippen molar-refractivity contribution in [1.82, 2.24) is 0 Å². The molecular weight excluding hydrogens is 260 g/mol. The van der Waals surface area contributed by atoms with Crippen LogP contribution in [-0.4, -0.2) is 34.9 Å². The molecule has 3 atom stereocenters. The molecule has 1 fully saturated rings. The van der Waals surface area contributed by atoms with Crippen molar-refractivity contribution in [2.45, 2.75) is 45.3 Å². The zero-order valence-corrected chi connectivity index (χ0v) is 11.6. The Labute approximate surface area is 117 Å². The van der Waals surface area contributed by atoms with Gasteiger partial charge in [0.25, 0.3) is 0 Å². The molecule has 1 heterocycles. The molecule has 0 bridgehead atoms. The van der Waals surface area contributed by atoms with E-state index in [9.17, 15) is 19.5 Å². The van der Waals surface area contributed by atoms with Gasteiger partial charge in [-0.1, -0.05) is 6.58 Å². The first kappa shape index (κ1) is 14.7. The minimum atomic E-state index is -0.807. The lowest BCUT2D eigenvalue weighted by atomic mass is 9.86. The second kappa shape index (κ2) is 5.32. The molecule has 2 rings (SSSR count). The van der Waals surface area contributed by atoms with E-state index < -0.39 is 18.2 Å². The summed E-state index contributed by atoms with van der Waals surface area (Å²) in [5.41, 5.74) is 1.22. The molecule has 0 aromatic rings. The Kier molecular flexibility index (Phi) is 3.90. The van der Waals surface area contributed by atoms with Crippen molar-refractivity contribution >= 4 is 17.5 Å². The Morgan fingerprint density at radius 2 is 2.10 bits per heavy atom. The first-order chi connectivity index (χ1) is 9.32. The van der Waals surface area contributed by atoms with Gasteiger partial charge < -0.3 is 14.6 Å². The van der Waals surface area contributed by atoms with Crippen molar-refractivity contribution in [1.29, 1.82) is 0 Å². The van der Waals surface area contributed by atoms with Gasteiger partial charge in [0.1, 0.15) is 11.9 Å². The van der Waals surface area contributed by atoms with Crippen LogP contribution in [-0.2, 0) is 19.1 Å². The van der Waals surface area contributed by atoms with Gasteiger partial charge in [0.05, 0.1) is 6.10 Å². The van der Waals surface area contributed by atoms with Crippen molar-refractivity contribution in [3.05, 3.63) is 23.3 Å². The van der Waals surface area contributed by atoms with Crippen LogP contribution < -0.4 is 0 Å². The molecule has 0 aromatic heterocycles. The molecule has 1 aliphatic heterocycles. The lowest BCUT2D eigenvalue weighted by Crippen LogP contribution is -2.24. The minimum Gasteiger partial charge on any atom is -0.453 e. The zero-order chi connectivity index (χ0) is 15.0. The van der Waals surface area contributed by atoms with Gasteiger partial charge in [-0.25, -0.2) is 4.79 Å². The smallest absolute Gasteiger partial charge is 0.334 e. The number of carbonyl (C=O) groups excluding carboxylic acids is 3. The monoisotopic (exact) mass is 278 g/mol. The first-order valence-corrected chi connectivity index (χ1v) is 6.64. The van der Waals surface area contributed by atoms with Crippen LogP contribution in [0.15, 0.2) is 23.3 Å². The fourth-order valence-corrected chi connectivity index (χ4v) is 2.77. The van der Waals surface area contributed by atoms with Crippen molar-refractivity contribution in [3.63, 3.8) is 0 Å². The summed E-state index contributed by atoms with van der Waals surface area (Å²) in [6.45, 7) is 6.85. The van der Waals surface area contributed by atoms with E-state index in [1.807, 2.05) is 0 Å². The highest BCUT2D eigenvalue weighted by Crippen LogP contribution is 2.39. The Morgan fingerprint density at radius 3 is 2.60 bits per heavy atom. The molecule has 0 radical (unpaired) electrons. The Morgan fingerprint density at radius 1 is 1.45 bits per heavy atom. The van der Waals surface area contributed by atoms with Crippen molar-refractivity contribution in [2.75, 3.05) is 0 Å². The number of rotatable bonds is 4. The summed E-state index contributed by atoms with van der Waals surface area (Å²) in [4.78, 5) is 34.8. The van der Waals surface area contributed by atoms with Gasteiger partial charge in [0.2, 0.25) is 0 Å². The van der Waals surface area contributed by atoms with Crippen molar-refractivity contribution in [3.8, 4) is 0 Å². The van der Waals surface area contributed by atoms with Gasteiger partial charge >= 0.3 is 5.97 Å². The quantitative estimate of drug-likeness (QED) is 0.615. The molecule has 1 N–H and O–H groups in total. The standard InChI is InChI=1S/C15H18O5/c1-7(16)4-5-10-8(2)15(19)20-14(10)13-9(3)11(17)6-12(13)18/h10-11,14,17H,2,4-6H2,1,3H3/t10-,11+,14-/m0/s1. The van der Waals surface area contributed by atoms with E-state index >= 15 is 0 Å². The maximum Gasteiger partial charge on any atom is 0.334 e. The van der Waals surface area contributed by atoms with Crippen LogP contribution in [0.25, 0.3) is 0 Å². The van der Waals surface area contributed by atoms with E-state index in [-0.39, 0.29) is 23.9 Å². The maximum atomic E-state index is 12.0. The summed E-state index contributed by atoms with van der Waals surface area (Å²) < 4.78 is 5.25. The Balaban J connectivity index is 2.29. The van der Waals surface area contributed by atoms with E-state index in [4.69, 9.17) is 4.74 Å². The number of aliphatic hydroxyl groups excluding tert-OH is 1. The number of cyclic esters (lactones) is 1. The van der Waals surface area contributed by atoms with E-state index in [1.54, 1.807) is 6.92 Å². The fraction of sp³-hybridized carbons (Fsp3) is 0.533. The van der Waals surface area contributed by atoms with E-state index in [2.05, 4.69) is 6.58 Å². The minimum absolute atomic E-state index is 0.0133. The second-order valence-corrected chi connectivity index (χ2v) is 5.44. The third kappa shape index (κ3) is 2.45. The van der Waals surface area contributed by atoms with Gasteiger partial charge in [0, 0.05) is 29.9 Å². The number of esters is 1. The Bertz CT molecular complexity index is 528. The normalized spacial score (nSPS) is 30.1. The second-order valence-electron chi connectivity index (χ2n) is 5.44. The van der Waals surface area contributed by atoms with Gasteiger partial charge in [-0.05, 0) is 25.8 Å². The first-order valence-electron chi connectivity index (χ1n) is 6.64. The number of hydrogen-bond donors (Lipinski definition) is 1. The van der Waals surface area contributed by atoms with Crippen LogP contribution in [0.3, 0.4) is 0 Å². The highest BCUT2D eigenvalue weighted by molar-refractivity contribution is 6.02. The third-order valence-electron chi connectivity index (χ3n) is 4.00. The number of carbonyl (C=O) groups is 3. The summed E-state index contributed by atoms with van der Waals surface area (Å²) in [5.74, 6) is -1.08. The van der Waals surface area contributed by atoms with Crippen molar-refractivity contribution in [2.24, 2.45) is 5.92 Å². The number of ether oxygens (including phenoxy) is 1. The summed E-state index contributed by atoms with van der Waals surface area (Å²) in [7, 11) is 0. The van der Waals surface area contributed by atoms with E-state index in [0.717, 1.165) is 0 Å². The molecule has 0 saturated carbocycles. The number of ketones is 2. The van der Waals surface area contributed by atoms with Crippen LogP contribution in [0, 0.1) is 5.92 Å². The van der Waals surface area contributed by atoms with Crippen LogP contribution in [0.2, 0.25) is 0 Å². The molecule has 5 nitrogen and oxygen atoms in total. The molecule has 2 aliphatic rings. The largest absolute Gasteiger partial charge is 0.453 e. The summed E-state index contributed by atoms with van der Waals surface area (Å²) in [5, 5.41) is 9.74. The predicted molar refractivity (Wildman–Crippen MR) is 70.8 cm³/mol. The maximum absolute atomic E-state index is 12.0. The Hall–Kier alpha value is -1.75. The van der Waals surface area contributed by atoms with Crippen LogP contribution in [0.5, 0.6) is 0 Å². The summed E-state index contributed by atoms with van der Waals surface area (Å²) >= 11 is 0. The molecule has 0 amide bonds. The van der Waals surface area contributed by atoms with Gasteiger partial charge in [-0.15, -0.1) is 0 Å². The molecular formula is C15H18O5. The zero-order valence-electron chi connectivity index (χ0n) is 11.6. The predicted octanol–water partition coefficient (Wildman–Crippen LogP) is 1.10. The molecule has 0 unspecified atom stereocenters. The lowest BCUT2D eigenvalue weighted by molar-refractivity contribution is -0.138. The molecule has 1 aliphatic carbocycles. The molecule has 108 valence electrons. The highest BCUT2D eigenvalue weighted by atomic mass is 16.6. The van der Waals surface area contributed by atoms with E-state index in [1.165, 1.54) is 6.92 Å². The fourth-order valence-electron chi connectivity index (χ4n) is 2.77. The lowest BCUT2D eigenvalue weighted by Gasteiger charge is -2.18. The SMILES string of the molecule is C=C1C(=O)O[C@H](C2=C(C)[C@H](O)CC2=O)[C@H]1CCC(C)=O. The summed E-state index contributed by atoms with van der Waals surface area (Å²) in [6.07, 6.45) is -0.760. The molecule has 20 heavy (non-hydrogen) atoms. The average Bonchev–Trinajstić information content (AvgIpc) is 2.76. The highest BCUT2D eigenvalue weighted by Gasteiger charge is 2.45. The van der Waals surface area contributed by atoms with Gasteiger partial charge in [0.15, 0.2) is 5.78 Å². The van der Waals surface area contributed by atoms with Crippen molar-refractivity contribution < 1.29 is 24.2 Å². The van der Waals surface area contributed by atoms with E-state index in [0.29, 0.717) is 29.6 Å². The molecule has 0 aromatic carbocycles. The van der Waals surface area contributed by atoms with Gasteiger partial charge in [-0.3, -0.25) is 4.79 Å². The van der Waals surface area contributed by atoms with Crippen LogP contribution in [0.1, 0.15) is 33.1 Å². The molecule has 5 heteroatoms. The molecule has 0 spiro atoms. The van der Waals surface area contributed by atoms with Crippen LogP contribution in [0.4, 0.5) is 0 Å². The topological polar surface area (TPSA) is 80.7 Å².